The van der Waals surface area contributed by atoms with Gasteiger partial charge in [-0.15, -0.1) is 0 Å². The fraction of sp³-hybridized carbons (Fsp3) is 0.647. The molecule has 0 bridgehead atoms. The Morgan fingerprint density at radius 1 is 1.52 bits per heavy atom. The van der Waals surface area contributed by atoms with Gasteiger partial charge in [-0.3, -0.25) is 4.90 Å². The molecule has 1 atom stereocenters. The van der Waals surface area contributed by atoms with Gasteiger partial charge in [-0.25, -0.2) is 9.48 Å². The van der Waals surface area contributed by atoms with Crippen LogP contribution in [0.15, 0.2) is 19.0 Å². The lowest BCUT2D eigenvalue weighted by molar-refractivity contribution is -0.172. The lowest BCUT2D eigenvalue weighted by atomic mass is 9.96. The zero-order valence-corrected chi connectivity index (χ0v) is 14.5. The summed E-state index contributed by atoms with van der Waals surface area (Å²) in [5.74, 6) is -0.208. The molecule has 6 nitrogen and oxygen atoms in total. The molecule has 1 aliphatic heterocycles. The first-order valence-corrected chi connectivity index (χ1v) is 7.94. The highest BCUT2D eigenvalue weighted by molar-refractivity contribution is 5.82. The van der Waals surface area contributed by atoms with Crippen molar-refractivity contribution in [3.63, 3.8) is 0 Å². The number of nitrogens with zero attached hydrogens (tertiary/aromatic N) is 3. The number of methoxy groups -OCH3 is 1. The highest BCUT2D eigenvalue weighted by Crippen LogP contribution is 2.33. The molecule has 6 heteroatoms. The van der Waals surface area contributed by atoms with E-state index in [-0.39, 0.29) is 5.97 Å². The third-order valence-corrected chi connectivity index (χ3v) is 4.00. The summed E-state index contributed by atoms with van der Waals surface area (Å²) in [4.78, 5) is 15.0. The Labute approximate surface area is 138 Å². The fourth-order valence-electron chi connectivity index (χ4n) is 3.01. The molecule has 2 rings (SSSR count). The van der Waals surface area contributed by atoms with Crippen molar-refractivity contribution >= 4 is 12.2 Å². The number of aromatic nitrogens is 2. The van der Waals surface area contributed by atoms with Crippen LogP contribution < -0.4 is 0 Å². The molecule has 1 aromatic heterocycles. The van der Waals surface area contributed by atoms with Crippen LogP contribution in [0.3, 0.4) is 0 Å². The Morgan fingerprint density at radius 2 is 2.26 bits per heavy atom. The Hall–Kier alpha value is -1.66. The highest BCUT2D eigenvalue weighted by Gasteiger charge is 2.49. The number of ether oxygens (including phenoxy) is 2. The molecular weight excluding hydrogens is 294 g/mol. The zero-order chi connectivity index (χ0) is 17.1. The van der Waals surface area contributed by atoms with Gasteiger partial charge in [0.25, 0.3) is 0 Å². The van der Waals surface area contributed by atoms with Gasteiger partial charge in [-0.05, 0) is 40.2 Å². The van der Waals surface area contributed by atoms with Crippen LogP contribution in [-0.4, -0.2) is 52.1 Å². The van der Waals surface area contributed by atoms with Crippen LogP contribution in [0.4, 0.5) is 0 Å². The molecule has 1 aromatic rings. The number of carbonyl (C=O) groups excluding carboxylic acids is 1. The standard InChI is InChI=1S/C17H27N3O3/c1-6-20-12-14(10-18-20)11-19-9-7-8-17(19,13-22-5)15(21)23-16(2,3)4/h6,10,12H,1,7-9,11,13H2,2-5H3. The second-order valence-corrected chi connectivity index (χ2v) is 7.00. The molecule has 0 N–H and O–H groups in total. The predicted octanol–water partition coefficient (Wildman–Crippen LogP) is 2.31. The summed E-state index contributed by atoms with van der Waals surface area (Å²) < 4.78 is 12.7. The van der Waals surface area contributed by atoms with E-state index in [1.807, 2.05) is 27.0 Å². The monoisotopic (exact) mass is 321 g/mol. The van der Waals surface area contributed by atoms with Crippen molar-refractivity contribution in [2.75, 3.05) is 20.3 Å². The Kier molecular flexibility index (Phi) is 5.26. The molecule has 0 saturated carbocycles. The van der Waals surface area contributed by atoms with Crippen molar-refractivity contribution in [1.82, 2.24) is 14.7 Å². The lowest BCUT2D eigenvalue weighted by Gasteiger charge is -2.37. The minimum absolute atomic E-state index is 0.208. The molecule has 1 aliphatic rings. The first-order chi connectivity index (χ1) is 10.8. The molecule has 1 saturated heterocycles. The van der Waals surface area contributed by atoms with Crippen LogP contribution in [0.1, 0.15) is 39.2 Å². The van der Waals surface area contributed by atoms with E-state index in [9.17, 15) is 4.79 Å². The van der Waals surface area contributed by atoms with Crippen LogP contribution in [-0.2, 0) is 20.8 Å². The zero-order valence-electron chi connectivity index (χ0n) is 14.5. The molecule has 0 amide bonds. The van der Waals surface area contributed by atoms with Gasteiger partial charge in [-0.1, -0.05) is 6.58 Å². The molecule has 0 spiro atoms. The van der Waals surface area contributed by atoms with Crippen LogP contribution in [0.25, 0.3) is 6.20 Å². The van der Waals surface area contributed by atoms with E-state index in [1.165, 1.54) is 0 Å². The maximum absolute atomic E-state index is 12.9. The van der Waals surface area contributed by atoms with Crippen molar-refractivity contribution in [3.05, 3.63) is 24.5 Å². The summed E-state index contributed by atoms with van der Waals surface area (Å²) in [6.07, 6.45) is 7.04. The second-order valence-electron chi connectivity index (χ2n) is 7.00. The number of likely N-dealkylation sites (tertiary alicyclic amines) is 1. The van der Waals surface area contributed by atoms with E-state index in [0.717, 1.165) is 24.9 Å². The van der Waals surface area contributed by atoms with Crippen molar-refractivity contribution in [2.45, 2.75) is 51.3 Å². The van der Waals surface area contributed by atoms with Gasteiger partial charge in [-0.2, -0.15) is 5.10 Å². The molecular formula is C17H27N3O3. The first-order valence-electron chi connectivity index (χ1n) is 7.94. The minimum atomic E-state index is -0.724. The Bertz CT molecular complexity index is 562. The van der Waals surface area contributed by atoms with Crippen LogP contribution in [0.2, 0.25) is 0 Å². The molecule has 1 fully saturated rings. The van der Waals surface area contributed by atoms with E-state index in [1.54, 1.807) is 24.2 Å². The van der Waals surface area contributed by atoms with Gasteiger partial charge in [0.05, 0.1) is 12.8 Å². The molecule has 0 radical (unpaired) electrons. The SMILES string of the molecule is C=Cn1cc(CN2CCCC2(COC)C(=O)OC(C)(C)C)cn1. The smallest absolute Gasteiger partial charge is 0.329 e. The van der Waals surface area contributed by atoms with E-state index >= 15 is 0 Å². The number of rotatable bonds is 6. The number of hydrogen-bond donors (Lipinski definition) is 0. The van der Waals surface area contributed by atoms with Gasteiger partial charge in [0.2, 0.25) is 0 Å². The van der Waals surface area contributed by atoms with Crippen molar-refractivity contribution in [3.8, 4) is 0 Å². The largest absolute Gasteiger partial charge is 0.459 e. The average molecular weight is 321 g/mol. The van der Waals surface area contributed by atoms with Gasteiger partial charge >= 0.3 is 5.97 Å². The molecule has 0 aliphatic carbocycles. The molecule has 0 aromatic carbocycles. The molecule has 128 valence electrons. The summed E-state index contributed by atoms with van der Waals surface area (Å²) in [6.45, 7) is 11.2. The third-order valence-electron chi connectivity index (χ3n) is 4.00. The molecule has 1 unspecified atom stereocenters. The number of hydrogen-bond acceptors (Lipinski definition) is 5. The summed E-state index contributed by atoms with van der Waals surface area (Å²) in [5, 5.41) is 4.20. The van der Waals surface area contributed by atoms with Crippen LogP contribution in [0, 0.1) is 0 Å². The maximum Gasteiger partial charge on any atom is 0.329 e. The van der Waals surface area contributed by atoms with Gasteiger partial charge in [0.15, 0.2) is 0 Å². The fourth-order valence-corrected chi connectivity index (χ4v) is 3.01. The first kappa shape index (κ1) is 17.7. The third kappa shape index (κ3) is 4.00. The lowest BCUT2D eigenvalue weighted by Crippen LogP contribution is -2.55. The van der Waals surface area contributed by atoms with Gasteiger partial charge < -0.3 is 9.47 Å². The number of esters is 1. The van der Waals surface area contributed by atoms with Crippen molar-refractivity contribution < 1.29 is 14.3 Å². The van der Waals surface area contributed by atoms with E-state index in [0.29, 0.717) is 13.2 Å². The van der Waals surface area contributed by atoms with Gasteiger partial charge in [0.1, 0.15) is 11.1 Å². The minimum Gasteiger partial charge on any atom is -0.459 e. The summed E-state index contributed by atoms with van der Waals surface area (Å²) in [7, 11) is 1.62. The summed E-state index contributed by atoms with van der Waals surface area (Å²) >= 11 is 0. The summed E-state index contributed by atoms with van der Waals surface area (Å²) in [6, 6.07) is 0. The molecule has 2 heterocycles. The quantitative estimate of drug-likeness (QED) is 0.753. The van der Waals surface area contributed by atoms with E-state index in [4.69, 9.17) is 9.47 Å². The topological polar surface area (TPSA) is 56.6 Å². The predicted molar refractivity (Wildman–Crippen MR) is 88.7 cm³/mol. The normalized spacial score (nSPS) is 22.3. The Balaban J connectivity index is 2.21. The number of carbonyl (C=O) groups is 1. The summed E-state index contributed by atoms with van der Waals surface area (Å²) in [5.41, 5.74) is -0.200. The van der Waals surface area contributed by atoms with Crippen molar-refractivity contribution in [1.29, 1.82) is 0 Å². The second kappa shape index (κ2) is 6.84. The van der Waals surface area contributed by atoms with E-state index < -0.39 is 11.1 Å². The highest BCUT2D eigenvalue weighted by atomic mass is 16.6. The van der Waals surface area contributed by atoms with E-state index in [2.05, 4.69) is 16.6 Å². The molecule has 23 heavy (non-hydrogen) atoms. The Morgan fingerprint density at radius 3 is 2.83 bits per heavy atom. The van der Waals surface area contributed by atoms with Gasteiger partial charge in [0, 0.05) is 31.6 Å². The van der Waals surface area contributed by atoms with Crippen molar-refractivity contribution in [2.24, 2.45) is 0 Å². The van der Waals surface area contributed by atoms with Crippen LogP contribution >= 0.6 is 0 Å². The average Bonchev–Trinajstić information content (AvgIpc) is 3.06. The van der Waals surface area contributed by atoms with Crippen LogP contribution in [0.5, 0.6) is 0 Å². The maximum atomic E-state index is 12.9.